The number of amides is 4. The molecule has 4 heterocycles. The zero-order valence-electron chi connectivity index (χ0n) is 27.2. The van der Waals surface area contributed by atoms with Crippen LogP contribution in [-0.4, -0.2) is 77.4 Å². The molecule has 3 atom stereocenters. The average Bonchev–Trinajstić information content (AvgIpc) is 3.38. The van der Waals surface area contributed by atoms with Gasteiger partial charge in [-0.1, -0.05) is 54.6 Å². The number of carbonyl (C=O) groups excluding carboxylic acids is 4. The van der Waals surface area contributed by atoms with Crippen molar-refractivity contribution in [3.63, 3.8) is 0 Å². The van der Waals surface area contributed by atoms with Gasteiger partial charge in [-0.2, -0.15) is 0 Å². The van der Waals surface area contributed by atoms with Gasteiger partial charge in [0.15, 0.2) is 0 Å². The number of ether oxygens (including phenoxy) is 1. The first-order chi connectivity index (χ1) is 24.3. The van der Waals surface area contributed by atoms with Crippen molar-refractivity contribution in [1.82, 2.24) is 15.1 Å². The molecular formula is C39H35FN4O6. The fourth-order valence-corrected chi connectivity index (χ4v) is 7.78. The zero-order valence-corrected chi connectivity index (χ0v) is 27.2. The minimum atomic E-state index is -1.14. The molecule has 2 fully saturated rings. The Balaban J connectivity index is 0.947. The maximum atomic E-state index is 15.8. The topological polar surface area (TPSA) is 119 Å². The Morgan fingerprint density at radius 2 is 1.60 bits per heavy atom. The van der Waals surface area contributed by atoms with E-state index >= 15 is 4.39 Å². The third kappa shape index (κ3) is 5.57. The number of nitrogens with zero attached hydrogens (tertiary/aromatic N) is 3. The molecule has 50 heavy (non-hydrogen) atoms. The number of imide groups is 2. The fourth-order valence-electron chi connectivity index (χ4n) is 7.78. The van der Waals surface area contributed by atoms with Crippen LogP contribution in [0.15, 0.2) is 84.9 Å². The Kier molecular flexibility index (Phi) is 8.07. The van der Waals surface area contributed by atoms with Gasteiger partial charge in [-0.3, -0.25) is 34.3 Å². The third-order valence-electron chi connectivity index (χ3n) is 10.4. The summed E-state index contributed by atoms with van der Waals surface area (Å²) >= 11 is 0. The Morgan fingerprint density at radius 3 is 2.34 bits per heavy atom. The summed E-state index contributed by atoms with van der Waals surface area (Å²) in [6.07, 6.45) is 0.0136. The van der Waals surface area contributed by atoms with E-state index < -0.39 is 35.5 Å². The summed E-state index contributed by atoms with van der Waals surface area (Å²) in [6, 6.07) is 26.1. The van der Waals surface area contributed by atoms with E-state index in [-0.39, 0.29) is 48.1 Å². The normalized spacial score (nSPS) is 22.2. The smallest absolute Gasteiger partial charge is 0.265 e. The molecule has 8 rings (SSSR count). The van der Waals surface area contributed by atoms with Crippen LogP contribution in [-0.2, 0) is 16.1 Å². The first-order valence-electron chi connectivity index (χ1n) is 16.9. The van der Waals surface area contributed by atoms with Gasteiger partial charge in [-0.05, 0) is 41.8 Å². The summed E-state index contributed by atoms with van der Waals surface area (Å²) in [6.45, 7) is 3.55. The number of nitrogens with one attached hydrogen (secondary N) is 1. The number of halogens is 1. The van der Waals surface area contributed by atoms with E-state index in [1.165, 1.54) is 17.7 Å². The lowest BCUT2D eigenvalue weighted by atomic mass is 9.76. The maximum Gasteiger partial charge on any atom is 0.265 e. The molecule has 4 aromatic carbocycles. The summed E-state index contributed by atoms with van der Waals surface area (Å²) in [5, 5.41) is 12.3. The number of rotatable bonds is 6. The summed E-state index contributed by atoms with van der Waals surface area (Å²) in [5.74, 6) is -2.47. The van der Waals surface area contributed by atoms with E-state index in [1.807, 2.05) is 24.3 Å². The van der Waals surface area contributed by atoms with Gasteiger partial charge in [0.25, 0.3) is 11.8 Å². The van der Waals surface area contributed by atoms with Crippen molar-refractivity contribution in [1.29, 1.82) is 0 Å². The zero-order chi connectivity index (χ0) is 34.5. The van der Waals surface area contributed by atoms with E-state index in [9.17, 15) is 24.3 Å². The van der Waals surface area contributed by atoms with Crippen LogP contribution in [0.25, 0.3) is 0 Å². The molecule has 4 aliphatic rings. The number of phenols is 1. The van der Waals surface area contributed by atoms with Gasteiger partial charge in [-0.15, -0.1) is 0 Å². The third-order valence-corrected chi connectivity index (χ3v) is 10.4. The predicted molar refractivity (Wildman–Crippen MR) is 182 cm³/mol. The Hall–Kier alpha value is -5.55. The van der Waals surface area contributed by atoms with Crippen LogP contribution >= 0.6 is 0 Å². The second-order valence-corrected chi connectivity index (χ2v) is 13.3. The van der Waals surface area contributed by atoms with E-state index in [1.54, 1.807) is 12.1 Å². The van der Waals surface area contributed by atoms with Crippen molar-refractivity contribution in [2.75, 3.05) is 37.7 Å². The molecule has 4 amide bonds. The molecule has 2 N–H and O–H groups in total. The highest BCUT2D eigenvalue weighted by atomic mass is 19.1. The molecule has 1 unspecified atom stereocenters. The largest absolute Gasteiger partial charge is 0.508 e. The number of aromatic hydroxyl groups is 1. The fraction of sp³-hybridized carbons (Fsp3) is 0.282. The standard InChI is InChI=1S/C39H35FN4O6/c40-36-25(8-12-29-35(36)39(49)44(38(29)48)31-14-15-33(46)41-37(31)47)21-42-16-18-43(19-17-42)26-9-6-24(7-10-26)34-28-13-11-27(45)20-32(28)50-22-30(34)23-4-2-1-3-5-23/h1-13,20,30-31,34,45H,14-19,21-22H2,(H,41,46,47)/t30-,31?,34-/m1/s1. The van der Waals surface area contributed by atoms with Crippen LogP contribution in [0.2, 0.25) is 0 Å². The molecule has 4 aromatic rings. The molecule has 0 spiro atoms. The van der Waals surface area contributed by atoms with Crippen molar-refractivity contribution in [2.24, 2.45) is 0 Å². The molecular weight excluding hydrogens is 639 g/mol. The number of phenolic OH excluding ortho intramolecular Hbond substituents is 1. The van der Waals surface area contributed by atoms with Crippen molar-refractivity contribution >= 4 is 29.3 Å². The van der Waals surface area contributed by atoms with Crippen molar-refractivity contribution in [3.05, 3.63) is 124 Å². The number of hydrogen-bond acceptors (Lipinski definition) is 8. The lowest BCUT2D eigenvalue weighted by Gasteiger charge is -2.37. The Morgan fingerprint density at radius 1 is 0.840 bits per heavy atom. The number of benzene rings is 4. The first-order valence-corrected chi connectivity index (χ1v) is 16.9. The number of hydrogen-bond donors (Lipinski definition) is 2. The highest BCUT2D eigenvalue weighted by Crippen LogP contribution is 2.47. The average molecular weight is 675 g/mol. The monoisotopic (exact) mass is 674 g/mol. The van der Waals surface area contributed by atoms with Gasteiger partial charge in [0.2, 0.25) is 11.8 Å². The van der Waals surface area contributed by atoms with Crippen LogP contribution in [0, 0.1) is 5.82 Å². The van der Waals surface area contributed by atoms with Crippen molar-refractivity contribution < 1.29 is 33.4 Å². The van der Waals surface area contributed by atoms with Crippen molar-refractivity contribution in [2.45, 2.75) is 37.3 Å². The van der Waals surface area contributed by atoms with E-state index in [0.29, 0.717) is 31.0 Å². The molecule has 254 valence electrons. The van der Waals surface area contributed by atoms with Crippen LogP contribution in [0.5, 0.6) is 11.5 Å². The summed E-state index contributed by atoms with van der Waals surface area (Å²) in [4.78, 5) is 55.5. The van der Waals surface area contributed by atoms with Crippen molar-refractivity contribution in [3.8, 4) is 11.5 Å². The number of carbonyl (C=O) groups is 4. The second kappa shape index (κ2) is 12.7. The van der Waals surface area contributed by atoms with Crippen LogP contribution in [0.1, 0.15) is 67.6 Å². The highest BCUT2D eigenvalue weighted by molar-refractivity contribution is 6.23. The van der Waals surface area contributed by atoms with Gasteiger partial charge < -0.3 is 14.7 Å². The summed E-state index contributed by atoms with van der Waals surface area (Å²) in [5.41, 5.74) is 4.42. The van der Waals surface area contributed by atoms with Crippen LogP contribution in [0.3, 0.4) is 0 Å². The predicted octanol–water partition coefficient (Wildman–Crippen LogP) is 4.56. The Labute approximate surface area is 288 Å². The number of anilines is 1. The molecule has 0 aromatic heterocycles. The van der Waals surface area contributed by atoms with Crippen LogP contribution in [0.4, 0.5) is 10.1 Å². The van der Waals surface area contributed by atoms with E-state index in [2.05, 4.69) is 51.5 Å². The first kappa shape index (κ1) is 31.7. The van der Waals surface area contributed by atoms with E-state index in [4.69, 9.17) is 4.74 Å². The molecule has 4 aliphatic heterocycles. The number of fused-ring (bicyclic) bond motifs is 2. The quantitative estimate of drug-likeness (QED) is 0.286. The van der Waals surface area contributed by atoms with Crippen LogP contribution < -0.4 is 15.0 Å². The molecule has 0 aliphatic carbocycles. The minimum Gasteiger partial charge on any atom is -0.508 e. The van der Waals surface area contributed by atoms with Gasteiger partial charge >= 0.3 is 0 Å². The number of piperazine rings is 1. The van der Waals surface area contributed by atoms with E-state index in [0.717, 1.165) is 34.8 Å². The highest BCUT2D eigenvalue weighted by Gasteiger charge is 2.46. The van der Waals surface area contributed by atoms with Gasteiger partial charge in [0, 0.05) is 73.9 Å². The molecule has 0 saturated carbocycles. The summed E-state index contributed by atoms with van der Waals surface area (Å²) < 4.78 is 21.9. The molecule has 0 bridgehead atoms. The lowest BCUT2D eigenvalue weighted by Crippen LogP contribution is -2.54. The van der Waals surface area contributed by atoms with Gasteiger partial charge in [-0.25, -0.2) is 4.39 Å². The van der Waals surface area contributed by atoms with Gasteiger partial charge in [0.05, 0.1) is 17.7 Å². The SMILES string of the molecule is O=C1CCC(N2C(=O)c3ccc(CN4CCN(c5ccc([C@@H]6c7ccc(O)cc7OC[C@@H]6c6ccccc6)cc5)CC4)c(F)c3C2=O)C(=O)N1. The Bertz CT molecular complexity index is 2010. The maximum absolute atomic E-state index is 15.8. The number of piperidine rings is 1. The summed E-state index contributed by atoms with van der Waals surface area (Å²) in [7, 11) is 0. The lowest BCUT2D eigenvalue weighted by molar-refractivity contribution is -0.136. The molecule has 11 heteroatoms. The molecule has 2 saturated heterocycles. The molecule has 0 radical (unpaired) electrons. The van der Waals surface area contributed by atoms with Gasteiger partial charge in [0.1, 0.15) is 23.4 Å². The second-order valence-electron chi connectivity index (χ2n) is 13.3. The molecule has 10 nitrogen and oxygen atoms in total. The minimum absolute atomic E-state index is 0.00101.